The highest BCUT2D eigenvalue weighted by Crippen LogP contribution is 2.19. The fourth-order valence-corrected chi connectivity index (χ4v) is 2.98. The second-order valence-corrected chi connectivity index (χ2v) is 7.98. The second-order valence-electron chi connectivity index (χ2n) is 6.25. The van der Waals surface area contributed by atoms with Crippen LogP contribution in [0.25, 0.3) is 12.2 Å². The number of anilines is 2. The van der Waals surface area contributed by atoms with E-state index in [9.17, 15) is 13.2 Å². The van der Waals surface area contributed by atoms with Crippen molar-refractivity contribution in [3.8, 4) is 0 Å². The van der Waals surface area contributed by atoms with E-state index in [0.717, 1.165) is 22.7 Å². The van der Waals surface area contributed by atoms with Gasteiger partial charge < -0.3 is 4.90 Å². The molecule has 7 heteroatoms. The minimum atomic E-state index is -3.82. The molecule has 0 saturated heterocycles. The summed E-state index contributed by atoms with van der Waals surface area (Å²) in [6.07, 6.45) is 6.33. The Morgan fingerprint density at radius 3 is 1.89 bits per heavy atom. The lowest BCUT2D eigenvalue weighted by Crippen LogP contribution is -2.27. The number of nitrogens with zero attached hydrogens (tertiary/aromatic N) is 2. The van der Waals surface area contributed by atoms with Crippen molar-refractivity contribution in [2.45, 2.75) is 0 Å². The molecular formula is C21H24N2O4S. The van der Waals surface area contributed by atoms with Crippen molar-refractivity contribution in [1.82, 2.24) is 0 Å². The normalized spacial score (nSPS) is 11.9. The maximum atomic E-state index is 12.1. The Morgan fingerprint density at radius 1 is 0.893 bits per heavy atom. The molecule has 0 N–H and O–H groups in total. The van der Waals surface area contributed by atoms with Gasteiger partial charge in [0.15, 0.2) is 5.78 Å². The number of rotatable bonds is 8. The van der Waals surface area contributed by atoms with Crippen LogP contribution in [0.1, 0.15) is 11.1 Å². The number of allylic oxidation sites excluding steroid dienone is 2. The first-order chi connectivity index (χ1) is 13.2. The van der Waals surface area contributed by atoms with Gasteiger partial charge >= 0.3 is 10.3 Å². The summed E-state index contributed by atoms with van der Waals surface area (Å²) in [5.41, 5.74) is 3.12. The van der Waals surface area contributed by atoms with Gasteiger partial charge in [-0.1, -0.05) is 36.4 Å². The van der Waals surface area contributed by atoms with Gasteiger partial charge in [-0.15, -0.1) is 0 Å². The van der Waals surface area contributed by atoms with E-state index in [1.165, 1.54) is 19.2 Å². The smallest absolute Gasteiger partial charge is 0.361 e. The van der Waals surface area contributed by atoms with Crippen LogP contribution < -0.4 is 9.21 Å². The Kier molecular flexibility index (Phi) is 7.14. The molecule has 0 atom stereocenters. The quantitative estimate of drug-likeness (QED) is 0.636. The second kappa shape index (κ2) is 9.34. The molecule has 0 aliphatic heterocycles. The molecule has 0 spiro atoms. The maximum Gasteiger partial charge on any atom is 0.361 e. The Hall–Kier alpha value is -2.90. The highest BCUT2D eigenvalue weighted by Gasteiger charge is 2.17. The van der Waals surface area contributed by atoms with Gasteiger partial charge in [0.25, 0.3) is 0 Å². The van der Waals surface area contributed by atoms with E-state index in [4.69, 9.17) is 0 Å². The Morgan fingerprint density at radius 2 is 1.39 bits per heavy atom. The Bertz CT molecular complexity index is 995. The van der Waals surface area contributed by atoms with Gasteiger partial charge in [-0.25, -0.2) is 0 Å². The van der Waals surface area contributed by atoms with E-state index in [2.05, 4.69) is 4.18 Å². The third kappa shape index (κ3) is 5.80. The Balaban J connectivity index is 2.10. The molecule has 0 heterocycles. The number of carbonyl (C=O) groups excluding carboxylic acids is 1. The van der Waals surface area contributed by atoms with Gasteiger partial charge in [-0.3, -0.25) is 13.3 Å². The molecule has 0 radical (unpaired) electrons. The number of benzene rings is 2. The molecule has 0 amide bonds. The standard InChI is InChI=1S/C21H24N2O4S/c1-22(2)19-9-5-7-17(15-19)11-13-21(24)14-12-18-8-6-10-20(16-18)23(3)28(25,26)27-4/h5-16H,1-4H3. The van der Waals surface area contributed by atoms with E-state index in [0.29, 0.717) is 11.3 Å². The number of hydrogen-bond acceptors (Lipinski definition) is 5. The van der Waals surface area contributed by atoms with Crippen molar-refractivity contribution in [2.24, 2.45) is 0 Å². The number of ketones is 1. The molecule has 0 aromatic heterocycles. The summed E-state index contributed by atoms with van der Waals surface area (Å²) in [6.45, 7) is 0. The van der Waals surface area contributed by atoms with Crippen LogP contribution in [-0.2, 0) is 19.3 Å². The lowest BCUT2D eigenvalue weighted by molar-refractivity contribution is -0.110. The third-order valence-electron chi connectivity index (χ3n) is 4.05. The molecule has 0 saturated carbocycles. The summed E-state index contributed by atoms with van der Waals surface area (Å²) in [5, 5.41) is 0. The summed E-state index contributed by atoms with van der Waals surface area (Å²) >= 11 is 0. The topological polar surface area (TPSA) is 66.9 Å². The average molecular weight is 401 g/mol. The summed E-state index contributed by atoms with van der Waals surface area (Å²) in [6, 6.07) is 14.6. The summed E-state index contributed by atoms with van der Waals surface area (Å²) < 4.78 is 29.1. The molecule has 0 bridgehead atoms. The molecule has 0 fully saturated rings. The molecule has 0 aliphatic carbocycles. The molecule has 28 heavy (non-hydrogen) atoms. The number of hydrogen-bond donors (Lipinski definition) is 0. The maximum absolute atomic E-state index is 12.1. The van der Waals surface area contributed by atoms with E-state index >= 15 is 0 Å². The first kappa shape index (κ1) is 21.4. The van der Waals surface area contributed by atoms with Gasteiger partial charge in [-0.05, 0) is 47.5 Å². The lowest BCUT2D eigenvalue weighted by Gasteiger charge is -2.17. The zero-order chi connectivity index (χ0) is 20.7. The first-order valence-electron chi connectivity index (χ1n) is 8.55. The van der Waals surface area contributed by atoms with Crippen LogP contribution >= 0.6 is 0 Å². The monoisotopic (exact) mass is 400 g/mol. The van der Waals surface area contributed by atoms with Crippen LogP contribution in [0, 0.1) is 0 Å². The van der Waals surface area contributed by atoms with Crippen molar-refractivity contribution in [2.75, 3.05) is 37.5 Å². The van der Waals surface area contributed by atoms with Gasteiger partial charge in [0.2, 0.25) is 0 Å². The minimum absolute atomic E-state index is 0.168. The first-order valence-corrected chi connectivity index (χ1v) is 9.91. The predicted octanol–water partition coefficient (Wildman–Crippen LogP) is 3.38. The number of carbonyl (C=O) groups is 1. The van der Waals surface area contributed by atoms with Crippen molar-refractivity contribution < 1.29 is 17.4 Å². The molecular weight excluding hydrogens is 376 g/mol. The van der Waals surface area contributed by atoms with Crippen LogP contribution in [0.4, 0.5) is 11.4 Å². The molecule has 2 aromatic rings. The van der Waals surface area contributed by atoms with E-state index in [-0.39, 0.29) is 5.78 Å². The van der Waals surface area contributed by atoms with E-state index < -0.39 is 10.3 Å². The van der Waals surface area contributed by atoms with Crippen molar-refractivity contribution >= 4 is 39.6 Å². The zero-order valence-corrected chi connectivity index (χ0v) is 17.2. The van der Waals surface area contributed by atoms with Gasteiger partial charge in [0.1, 0.15) is 0 Å². The molecule has 2 rings (SSSR count). The molecule has 0 aliphatic rings. The van der Waals surface area contributed by atoms with Gasteiger partial charge in [0, 0.05) is 26.8 Å². The highest BCUT2D eigenvalue weighted by molar-refractivity contribution is 7.88. The van der Waals surface area contributed by atoms with Gasteiger partial charge in [-0.2, -0.15) is 8.42 Å². The van der Waals surface area contributed by atoms with E-state index in [1.807, 2.05) is 43.3 Å². The van der Waals surface area contributed by atoms with Crippen LogP contribution in [0.2, 0.25) is 0 Å². The third-order valence-corrected chi connectivity index (χ3v) is 5.35. The predicted molar refractivity (Wildman–Crippen MR) is 115 cm³/mol. The van der Waals surface area contributed by atoms with Crippen molar-refractivity contribution in [3.05, 3.63) is 71.8 Å². The fraction of sp³-hybridized carbons (Fsp3) is 0.190. The summed E-state index contributed by atoms with van der Waals surface area (Å²) in [5.74, 6) is -0.168. The SMILES string of the molecule is COS(=O)(=O)N(C)c1cccc(C=CC(=O)C=Cc2cccc(N(C)C)c2)c1. The van der Waals surface area contributed by atoms with E-state index in [1.54, 1.807) is 36.4 Å². The van der Waals surface area contributed by atoms with Gasteiger partial charge in [0.05, 0.1) is 12.8 Å². The summed E-state index contributed by atoms with van der Waals surface area (Å²) in [4.78, 5) is 14.1. The Labute approximate surface area is 166 Å². The van der Waals surface area contributed by atoms with Crippen molar-refractivity contribution in [3.63, 3.8) is 0 Å². The highest BCUT2D eigenvalue weighted by atomic mass is 32.2. The summed E-state index contributed by atoms with van der Waals surface area (Å²) in [7, 11) is 2.60. The molecule has 2 aromatic carbocycles. The van der Waals surface area contributed by atoms with Crippen molar-refractivity contribution in [1.29, 1.82) is 0 Å². The average Bonchev–Trinajstić information content (AvgIpc) is 2.70. The zero-order valence-electron chi connectivity index (χ0n) is 16.4. The molecule has 0 unspecified atom stereocenters. The fourth-order valence-electron chi connectivity index (χ4n) is 2.38. The minimum Gasteiger partial charge on any atom is -0.378 e. The molecule has 148 valence electrons. The van der Waals surface area contributed by atoms with Crippen LogP contribution in [0.15, 0.2) is 60.7 Å². The molecule has 6 nitrogen and oxygen atoms in total. The van der Waals surface area contributed by atoms with Crippen LogP contribution in [0.5, 0.6) is 0 Å². The van der Waals surface area contributed by atoms with Crippen LogP contribution in [0.3, 0.4) is 0 Å². The van der Waals surface area contributed by atoms with Crippen LogP contribution in [-0.4, -0.2) is 42.5 Å². The lowest BCUT2D eigenvalue weighted by atomic mass is 10.1. The largest absolute Gasteiger partial charge is 0.378 e.